The van der Waals surface area contributed by atoms with Crippen molar-refractivity contribution in [2.45, 2.75) is 6.54 Å². The summed E-state index contributed by atoms with van der Waals surface area (Å²) in [5, 5.41) is 8.81. The smallest absolute Gasteiger partial charge is 0.254 e. The molecule has 0 aliphatic carbocycles. The van der Waals surface area contributed by atoms with Crippen LogP contribution in [0.25, 0.3) is 0 Å². The first-order chi connectivity index (χ1) is 10.1. The van der Waals surface area contributed by atoms with Crippen LogP contribution in [-0.4, -0.2) is 18.3 Å². The monoisotopic (exact) mass is 348 g/mol. The molecule has 1 aromatic heterocycles. The Morgan fingerprint density at radius 3 is 2.90 bits per heavy atom. The SMILES string of the molecule is COc1cc(=O)n(CCOc2cccc(C#N)c2)cc1Br. The minimum atomic E-state index is -0.163. The molecule has 1 aromatic carbocycles. The summed E-state index contributed by atoms with van der Waals surface area (Å²) >= 11 is 3.34. The first-order valence-electron chi connectivity index (χ1n) is 6.21. The van der Waals surface area contributed by atoms with Crippen molar-refractivity contribution in [1.82, 2.24) is 4.57 Å². The molecule has 6 heteroatoms. The van der Waals surface area contributed by atoms with Gasteiger partial charge in [0.1, 0.15) is 18.1 Å². The number of ether oxygens (including phenoxy) is 2. The third kappa shape index (κ3) is 3.86. The normalized spacial score (nSPS) is 9.95. The van der Waals surface area contributed by atoms with Gasteiger partial charge in [-0.05, 0) is 34.1 Å². The minimum absolute atomic E-state index is 0.163. The molecule has 0 aliphatic rings. The third-order valence-electron chi connectivity index (χ3n) is 2.83. The van der Waals surface area contributed by atoms with Gasteiger partial charge in [-0.3, -0.25) is 4.79 Å². The fourth-order valence-corrected chi connectivity index (χ4v) is 2.30. The van der Waals surface area contributed by atoms with E-state index in [4.69, 9.17) is 14.7 Å². The number of rotatable bonds is 5. The zero-order valence-corrected chi connectivity index (χ0v) is 13.0. The molecule has 2 rings (SSSR count). The summed E-state index contributed by atoms with van der Waals surface area (Å²) in [4.78, 5) is 11.9. The molecule has 0 spiro atoms. The van der Waals surface area contributed by atoms with Gasteiger partial charge in [0, 0.05) is 12.3 Å². The lowest BCUT2D eigenvalue weighted by atomic mass is 10.2. The molecule has 0 unspecified atom stereocenters. The van der Waals surface area contributed by atoms with Crippen LogP contribution in [0.4, 0.5) is 0 Å². The van der Waals surface area contributed by atoms with E-state index in [0.29, 0.717) is 34.7 Å². The summed E-state index contributed by atoms with van der Waals surface area (Å²) in [7, 11) is 1.51. The van der Waals surface area contributed by atoms with Crippen molar-refractivity contribution in [3.05, 3.63) is 56.9 Å². The van der Waals surface area contributed by atoms with Gasteiger partial charge in [0.15, 0.2) is 0 Å². The second kappa shape index (κ2) is 6.95. The highest BCUT2D eigenvalue weighted by atomic mass is 79.9. The van der Waals surface area contributed by atoms with Gasteiger partial charge < -0.3 is 14.0 Å². The largest absolute Gasteiger partial charge is 0.495 e. The van der Waals surface area contributed by atoms with Crippen LogP contribution in [-0.2, 0) is 6.54 Å². The molecule has 21 heavy (non-hydrogen) atoms. The highest BCUT2D eigenvalue weighted by molar-refractivity contribution is 9.10. The molecular weight excluding hydrogens is 336 g/mol. The van der Waals surface area contributed by atoms with E-state index in [0.717, 1.165) is 0 Å². The van der Waals surface area contributed by atoms with Gasteiger partial charge in [-0.25, -0.2) is 0 Å². The number of halogens is 1. The molecule has 0 N–H and O–H groups in total. The lowest BCUT2D eigenvalue weighted by Crippen LogP contribution is -2.22. The van der Waals surface area contributed by atoms with Crippen molar-refractivity contribution in [2.75, 3.05) is 13.7 Å². The van der Waals surface area contributed by atoms with Crippen molar-refractivity contribution in [1.29, 1.82) is 5.26 Å². The average molecular weight is 349 g/mol. The van der Waals surface area contributed by atoms with Crippen LogP contribution in [0.5, 0.6) is 11.5 Å². The second-order valence-electron chi connectivity index (χ2n) is 4.21. The number of nitrogens with zero attached hydrogens (tertiary/aromatic N) is 2. The Morgan fingerprint density at radius 2 is 2.19 bits per heavy atom. The van der Waals surface area contributed by atoms with Crippen molar-refractivity contribution >= 4 is 15.9 Å². The maximum atomic E-state index is 11.9. The van der Waals surface area contributed by atoms with E-state index < -0.39 is 0 Å². The Balaban J connectivity index is 2.02. The molecule has 1 heterocycles. The summed E-state index contributed by atoms with van der Waals surface area (Å²) < 4.78 is 12.8. The maximum Gasteiger partial charge on any atom is 0.254 e. The van der Waals surface area contributed by atoms with E-state index in [9.17, 15) is 4.79 Å². The molecule has 2 aromatic rings. The number of methoxy groups -OCH3 is 1. The summed E-state index contributed by atoms with van der Waals surface area (Å²) in [6.45, 7) is 0.728. The Kier molecular flexibility index (Phi) is 5.01. The average Bonchev–Trinajstić information content (AvgIpc) is 2.50. The highest BCUT2D eigenvalue weighted by Crippen LogP contribution is 2.21. The number of nitriles is 1. The molecule has 5 nitrogen and oxygen atoms in total. The standard InChI is InChI=1S/C15H13BrN2O3/c1-20-14-8-15(19)18(10-13(14)16)5-6-21-12-4-2-3-11(7-12)9-17/h2-4,7-8,10H,5-6H2,1H3. The van der Waals surface area contributed by atoms with Crippen molar-refractivity contribution in [2.24, 2.45) is 0 Å². The lowest BCUT2D eigenvalue weighted by Gasteiger charge is -2.10. The van der Waals surface area contributed by atoms with E-state index in [1.165, 1.54) is 17.7 Å². The Hall–Kier alpha value is -2.26. The van der Waals surface area contributed by atoms with Gasteiger partial charge in [0.2, 0.25) is 0 Å². The van der Waals surface area contributed by atoms with Gasteiger partial charge >= 0.3 is 0 Å². The number of hydrogen-bond donors (Lipinski definition) is 0. The van der Waals surface area contributed by atoms with Gasteiger partial charge in [-0.15, -0.1) is 0 Å². The molecule has 0 saturated carbocycles. The van der Waals surface area contributed by atoms with Gasteiger partial charge in [0.25, 0.3) is 5.56 Å². The predicted molar refractivity (Wildman–Crippen MR) is 81.6 cm³/mol. The van der Waals surface area contributed by atoms with Crippen LogP contribution in [0.1, 0.15) is 5.56 Å². The quantitative estimate of drug-likeness (QED) is 0.832. The Morgan fingerprint density at radius 1 is 1.38 bits per heavy atom. The van der Waals surface area contributed by atoms with E-state index in [1.54, 1.807) is 30.5 Å². The fourth-order valence-electron chi connectivity index (χ4n) is 1.78. The lowest BCUT2D eigenvalue weighted by molar-refractivity contribution is 0.295. The first kappa shape index (κ1) is 15.1. The molecule has 0 amide bonds. The molecule has 0 radical (unpaired) electrons. The maximum absolute atomic E-state index is 11.9. The van der Waals surface area contributed by atoms with E-state index in [-0.39, 0.29) is 5.56 Å². The van der Waals surface area contributed by atoms with Crippen molar-refractivity contribution in [3.8, 4) is 17.6 Å². The highest BCUT2D eigenvalue weighted by Gasteiger charge is 2.05. The van der Waals surface area contributed by atoms with Crippen LogP contribution in [0, 0.1) is 11.3 Å². The van der Waals surface area contributed by atoms with Gasteiger partial charge in [0.05, 0.1) is 29.8 Å². The number of benzene rings is 1. The van der Waals surface area contributed by atoms with Gasteiger partial charge in [-0.2, -0.15) is 5.26 Å². The van der Waals surface area contributed by atoms with Crippen LogP contribution in [0.3, 0.4) is 0 Å². The summed E-state index contributed by atoms with van der Waals surface area (Å²) in [5.74, 6) is 1.11. The molecule has 0 aliphatic heterocycles. The second-order valence-corrected chi connectivity index (χ2v) is 5.06. The molecule has 0 saturated heterocycles. The summed E-state index contributed by atoms with van der Waals surface area (Å²) in [5.41, 5.74) is 0.376. The number of aromatic nitrogens is 1. The summed E-state index contributed by atoms with van der Waals surface area (Å²) in [6, 6.07) is 10.4. The first-order valence-corrected chi connectivity index (χ1v) is 7.00. The van der Waals surface area contributed by atoms with E-state index in [2.05, 4.69) is 15.9 Å². The zero-order valence-electron chi connectivity index (χ0n) is 11.4. The van der Waals surface area contributed by atoms with Crippen LogP contribution < -0.4 is 15.0 Å². The summed E-state index contributed by atoms with van der Waals surface area (Å²) in [6.07, 6.45) is 1.66. The van der Waals surface area contributed by atoms with Crippen LogP contribution in [0.15, 0.2) is 45.8 Å². The predicted octanol–water partition coefficient (Wildman–Crippen LogP) is 2.57. The molecule has 0 atom stereocenters. The van der Waals surface area contributed by atoms with Crippen molar-refractivity contribution < 1.29 is 9.47 Å². The Bertz CT molecular complexity index is 734. The van der Waals surface area contributed by atoms with Crippen molar-refractivity contribution in [3.63, 3.8) is 0 Å². The Labute approximate surface area is 130 Å². The van der Waals surface area contributed by atoms with Crippen LogP contribution in [0.2, 0.25) is 0 Å². The molecule has 0 fully saturated rings. The van der Waals surface area contributed by atoms with Crippen LogP contribution >= 0.6 is 15.9 Å². The van der Waals surface area contributed by atoms with E-state index >= 15 is 0 Å². The molecule has 108 valence electrons. The fraction of sp³-hybridized carbons (Fsp3) is 0.200. The molecule has 0 bridgehead atoms. The number of hydrogen-bond acceptors (Lipinski definition) is 4. The van der Waals surface area contributed by atoms with E-state index in [1.807, 2.05) is 6.07 Å². The van der Waals surface area contributed by atoms with Gasteiger partial charge in [-0.1, -0.05) is 6.07 Å². The molecular formula is C15H13BrN2O3. The number of pyridine rings is 1. The third-order valence-corrected chi connectivity index (χ3v) is 3.42. The topological polar surface area (TPSA) is 64.2 Å². The minimum Gasteiger partial charge on any atom is -0.495 e. The zero-order chi connectivity index (χ0) is 15.2.